The van der Waals surface area contributed by atoms with Gasteiger partial charge in [-0.25, -0.2) is 0 Å². The second-order valence-corrected chi connectivity index (χ2v) is 0. The number of hydrogen-bond acceptors (Lipinski definition) is 0. The van der Waals surface area contributed by atoms with Crippen molar-refractivity contribution in [2.45, 2.75) is 0 Å². The summed E-state index contributed by atoms with van der Waals surface area (Å²) in [6.07, 6.45) is 0. The fraction of sp³-hybridized carbons (Fsp3) is 0. The Hall–Kier alpha value is 3.16. The van der Waals surface area contributed by atoms with E-state index in [1.54, 1.807) is 0 Å². The largest absolute Gasteiger partial charge is 0 e. The second-order valence-electron chi connectivity index (χ2n) is 0. The third-order valence-corrected chi connectivity index (χ3v) is 0. The first kappa shape index (κ1) is 41.9. The SMILES string of the molecule is [Fe].[Mn].[Na].[Ni].[Zn]. The van der Waals surface area contributed by atoms with Crippen LogP contribution in [0.15, 0.2) is 0 Å². The monoisotopic (exact) mass is 256 g/mol. The van der Waals surface area contributed by atoms with Gasteiger partial charge in [0.05, 0.1) is 0 Å². The molecule has 0 spiro atoms. The van der Waals surface area contributed by atoms with Crippen molar-refractivity contribution in [3.63, 3.8) is 0 Å². The fourth-order valence-electron chi connectivity index (χ4n) is 0. The first-order valence-corrected chi connectivity index (χ1v) is 0. The average Bonchev–Trinajstić information content (AvgIpc) is 0. The van der Waals surface area contributed by atoms with Crippen LogP contribution in [0.2, 0.25) is 0 Å². The van der Waals surface area contributed by atoms with Gasteiger partial charge in [0.15, 0.2) is 0 Å². The summed E-state index contributed by atoms with van der Waals surface area (Å²) in [5, 5.41) is 0. The average molecular weight is 258 g/mol. The summed E-state index contributed by atoms with van der Waals surface area (Å²) in [6, 6.07) is 0. The first-order valence-electron chi connectivity index (χ1n) is 0. The van der Waals surface area contributed by atoms with Crippen LogP contribution in [-0.4, -0.2) is 29.6 Å². The molecule has 0 atom stereocenters. The van der Waals surface area contributed by atoms with E-state index >= 15 is 0 Å². The van der Waals surface area contributed by atoms with E-state index in [2.05, 4.69) is 0 Å². The van der Waals surface area contributed by atoms with Crippen LogP contribution in [0.3, 0.4) is 0 Å². The van der Waals surface area contributed by atoms with Gasteiger partial charge in [0.25, 0.3) is 0 Å². The third-order valence-electron chi connectivity index (χ3n) is 0. The smallest absolute Gasteiger partial charge is 0 e. The van der Waals surface area contributed by atoms with E-state index in [9.17, 15) is 0 Å². The Labute approximate surface area is 97.9 Å². The van der Waals surface area contributed by atoms with Gasteiger partial charge < -0.3 is 0 Å². The topological polar surface area (TPSA) is 0 Å². The number of rotatable bonds is 0. The van der Waals surface area contributed by atoms with Crippen LogP contribution in [0.25, 0.3) is 0 Å². The number of hydrogen-bond donors (Lipinski definition) is 0. The van der Waals surface area contributed by atoms with E-state index < -0.39 is 0 Å². The molecule has 0 aliphatic carbocycles. The van der Waals surface area contributed by atoms with Gasteiger partial charge in [-0.1, -0.05) is 0 Å². The Morgan fingerprint density at radius 3 is 1.00 bits per heavy atom. The van der Waals surface area contributed by atoms with Crippen LogP contribution in [0.5, 0.6) is 0 Å². The van der Waals surface area contributed by atoms with Crippen molar-refractivity contribution in [3.8, 4) is 0 Å². The molecule has 0 unspecified atom stereocenters. The molecular formula is FeMnNaNiZn. The standard InChI is InChI=1S/Fe.Mn.Na.Ni.Zn. The molecule has 0 N–H and O–H groups in total. The van der Waals surface area contributed by atoms with Crippen molar-refractivity contribution in [2.75, 3.05) is 0 Å². The van der Waals surface area contributed by atoms with E-state index in [0.29, 0.717) is 0 Å². The molecule has 0 bridgehead atoms. The molecule has 0 aromatic carbocycles. The van der Waals surface area contributed by atoms with Crippen LogP contribution in [-0.2, 0) is 70.1 Å². The molecule has 0 saturated carbocycles. The van der Waals surface area contributed by atoms with Crippen molar-refractivity contribution in [1.29, 1.82) is 0 Å². The molecule has 5 heteroatoms. The van der Waals surface area contributed by atoms with Crippen LogP contribution in [0.4, 0.5) is 0 Å². The molecule has 0 saturated heterocycles. The predicted octanol–water partition coefficient (Wildman–Crippen LogP) is -0.391. The summed E-state index contributed by atoms with van der Waals surface area (Å²) in [7, 11) is 0. The van der Waals surface area contributed by atoms with Crippen LogP contribution in [0.1, 0.15) is 0 Å². The molecule has 0 fully saturated rings. The van der Waals surface area contributed by atoms with Crippen molar-refractivity contribution in [2.24, 2.45) is 0 Å². The summed E-state index contributed by atoms with van der Waals surface area (Å²) >= 11 is 0. The summed E-state index contributed by atoms with van der Waals surface area (Å²) in [5.74, 6) is 0. The van der Waals surface area contributed by atoms with Gasteiger partial charge in [0, 0.05) is 99.7 Å². The Morgan fingerprint density at radius 2 is 1.00 bits per heavy atom. The van der Waals surface area contributed by atoms with Crippen LogP contribution in [0, 0.1) is 0 Å². The van der Waals surface area contributed by atoms with Crippen molar-refractivity contribution >= 4 is 29.6 Å². The zero-order valence-corrected chi connectivity index (χ0v) is 11.0. The molecule has 2 radical (unpaired) electrons. The van der Waals surface area contributed by atoms with Crippen molar-refractivity contribution in [1.82, 2.24) is 0 Å². The first-order chi connectivity index (χ1) is 0. The predicted molar refractivity (Wildman–Crippen MR) is 5.75 cm³/mol. The molecule has 28 valence electrons. The molecule has 0 rings (SSSR count). The van der Waals surface area contributed by atoms with Crippen molar-refractivity contribution in [3.05, 3.63) is 0 Å². The maximum Gasteiger partial charge on any atom is 0 e. The van der Waals surface area contributed by atoms with Gasteiger partial charge in [-0.15, -0.1) is 0 Å². The van der Waals surface area contributed by atoms with Gasteiger partial charge in [0.2, 0.25) is 0 Å². The van der Waals surface area contributed by atoms with E-state index in [4.69, 9.17) is 0 Å². The Kier molecular flexibility index (Phi) is 228. The van der Waals surface area contributed by atoms with Gasteiger partial charge in [0.1, 0.15) is 0 Å². The van der Waals surface area contributed by atoms with Gasteiger partial charge in [-0.2, -0.15) is 0 Å². The van der Waals surface area contributed by atoms with E-state index in [1.165, 1.54) is 0 Å². The Balaban J connectivity index is 0. The third kappa shape index (κ3) is 19.1. The minimum absolute atomic E-state index is 0. The molecule has 0 aliphatic rings. The fourth-order valence-corrected chi connectivity index (χ4v) is 0. The molecule has 0 nitrogen and oxygen atoms in total. The second kappa shape index (κ2) is 27.2. The summed E-state index contributed by atoms with van der Waals surface area (Å²) in [6.45, 7) is 0. The minimum atomic E-state index is 0. The summed E-state index contributed by atoms with van der Waals surface area (Å²) < 4.78 is 0. The maximum atomic E-state index is 0. The zero-order chi connectivity index (χ0) is 0. The Morgan fingerprint density at radius 1 is 1.00 bits per heavy atom. The maximum absolute atomic E-state index is 0. The zero-order valence-electron chi connectivity index (χ0n) is 2.75. The molecule has 0 aromatic rings. The minimum Gasteiger partial charge on any atom is 0 e. The van der Waals surface area contributed by atoms with Gasteiger partial charge in [-0.3, -0.25) is 0 Å². The van der Waals surface area contributed by atoms with Crippen LogP contribution < -0.4 is 0 Å². The molecule has 0 aromatic heterocycles. The van der Waals surface area contributed by atoms with Crippen molar-refractivity contribution < 1.29 is 70.1 Å². The van der Waals surface area contributed by atoms with E-state index in [0.717, 1.165) is 0 Å². The quantitative estimate of drug-likeness (QED) is 0.519. The van der Waals surface area contributed by atoms with E-state index in [1.807, 2.05) is 0 Å². The van der Waals surface area contributed by atoms with E-state index in [-0.39, 0.29) is 99.7 Å². The molecule has 0 aliphatic heterocycles. The summed E-state index contributed by atoms with van der Waals surface area (Å²) in [5.41, 5.74) is 0. The summed E-state index contributed by atoms with van der Waals surface area (Å²) in [4.78, 5) is 0. The molecule has 0 amide bonds. The van der Waals surface area contributed by atoms with Gasteiger partial charge in [-0.05, 0) is 0 Å². The molecular weight excluding hydrogens is 258 g/mol. The molecule has 0 heterocycles. The normalized spacial score (nSPS) is 0. The van der Waals surface area contributed by atoms with Crippen LogP contribution >= 0.6 is 0 Å². The Bertz CT molecular complexity index is 11.6. The van der Waals surface area contributed by atoms with Gasteiger partial charge >= 0.3 is 0 Å². The molecule has 5 heavy (non-hydrogen) atoms.